The number of likely N-dealkylation sites (N-methyl/N-ethyl adjacent to an activating group) is 1. The maximum absolute atomic E-state index is 11.9. The van der Waals surface area contributed by atoms with Crippen LogP contribution < -0.4 is 15.4 Å². The van der Waals surface area contributed by atoms with Gasteiger partial charge in [0, 0.05) is 26.7 Å². The molecule has 0 aliphatic carbocycles. The molecule has 2 N–H and O–H groups in total. The fraction of sp³-hybridized carbons (Fsp3) is 0.429. The first-order valence-electron chi connectivity index (χ1n) is 6.28. The van der Waals surface area contributed by atoms with Gasteiger partial charge in [0.25, 0.3) is 0 Å². The van der Waals surface area contributed by atoms with Crippen molar-refractivity contribution in [2.75, 3.05) is 31.8 Å². The highest BCUT2D eigenvalue weighted by Gasteiger charge is 2.16. The summed E-state index contributed by atoms with van der Waals surface area (Å²) in [5, 5.41) is 5.78. The molecule has 6 heteroatoms. The number of methoxy groups -OCH3 is 1. The van der Waals surface area contributed by atoms with Crippen molar-refractivity contribution in [2.45, 2.75) is 19.9 Å². The Kier molecular flexibility index (Phi) is 5.37. The SMILES string of the molecule is COc1ccc(NC(C)=O)cc1N[C@@H](C)C(=O)N(C)C. The summed E-state index contributed by atoms with van der Waals surface area (Å²) in [4.78, 5) is 24.5. The molecule has 1 aromatic carbocycles. The Morgan fingerprint density at radius 1 is 1.30 bits per heavy atom. The summed E-state index contributed by atoms with van der Waals surface area (Å²) in [6.07, 6.45) is 0. The van der Waals surface area contributed by atoms with E-state index in [1.54, 1.807) is 46.3 Å². The quantitative estimate of drug-likeness (QED) is 0.857. The predicted molar refractivity (Wildman–Crippen MR) is 79.1 cm³/mol. The minimum Gasteiger partial charge on any atom is -0.495 e. The van der Waals surface area contributed by atoms with Crippen LogP contribution in [0.4, 0.5) is 11.4 Å². The molecule has 1 rings (SSSR count). The van der Waals surface area contributed by atoms with Gasteiger partial charge in [0.15, 0.2) is 0 Å². The number of hydrogen-bond acceptors (Lipinski definition) is 4. The molecule has 1 aromatic rings. The number of ether oxygens (including phenoxy) is 1. The summed E-state index contributed by atoms with van der Waals surface area (Å²) in [5.41, 5.74) is 1.30. The van der Waals surface area contributed by atoms with Gasteiger partial charge >= 0.3 is 0 Å². The number of anilines is 2. The van der Waals surface area contributed by atoms with Crippen molar-refractivity contribution in [1.29, 1.82) is 0 Å². The van der Waals surface area contributed by atoms with Gasteiger partial charge in [0.05, 0.1) is 12.8 Å². The number of rotatable bonds is 5. The molecule has 0 aromatic heterocycles. The normalized spacial score (nSPS) is 11.4. The summed E-state index contributed by atoms with van der Waals surface area (Å²) in [5.74, 6) is 0.410. The Morgan fingerprint density at radius 2 is 1.95 bits per heavy atom. The van der Waals surface area contributed by atoms with Crippen LogP contribution in [0.25, 0.3) is 0 Å². The summed E-state index contributed by atoms with van der Waals surface area (Å²) in [6.45, 7) is 3.21. The van der Waals surface area contributed by atoms with Gasteiger partial charge in [-0.1, -0.05) is 0 Å². The number of nitrogens with one attached hydrogen (secondary N) is 2. The van der Waals surface area contributed by atoms with E-state index in [1.165, 1.54) is 11.8 Å². The second-order valence-corrected chi connectivity index (χ2v) is 4.69. The second-order valence-electron chi connectivity index (χ2n) is 4.69. The van der Waals surface area contributed by atoms with E-state index >= 15 is 0 Å². The van der Waals surface area contributed by atoms with Crippen LogP contribution >= 0.6 is 0 Å². The van der Waals surface area contributed by atoms with E-state index in [1.807, 2.05) is 0 Å². The van der Waals surface area contributed by atoms with Crippen LogP contribution in [0, 0.1) is 0 Å². The molecule has 6 nitrogen and oxygen atoms in total. The van der Waals surface area contributed by atoms with Gasteiger partial charge < -0.3 is 20.3 Å². The van der Waals surface area contributed by atoms with Gasteiger partial charge in [-0.05, 0) is 25.1 Å². The maximum atomic E-state index is 11.9. The van der Waals surface area contributed by atoms with Crippen LogP contribution in [-0.4, -0.2) is 44.0 Å². The van der Waals surface area contributed by atoms with Crippen LogP contribution in [-0.2, 0) is 9.59 Å². The van der Waals surface area contributed by atoms with Gasteiger partial charge in [-0.3, -0.25) is 9.59 Å². The minimum absolute atomic E-state index is 0.0445. The van der Waals surface area contributed by atoms with Crippen LogP contribution in [0.3, 0.4) is 0 Å². The summed E-state index contributed by atoms with van der Waals surface area (Å²) in [7, 11) is 4.95. The highest BCUT2D eigenvalue weighted by atomic mass is 16.5. The Labute approximate surface area is 119 Å². The van der Waals surface area contributed by atoms with Crippen LogP contribution in [0.1, 0.15) is 13.8 Å². The Morgan fingerprint density at radius 3 is 2.45 bits per heavy atom. The lowest BCUT2D eigenvalue weighted by Crippen LogP contribution is -2.36. The first-order chi connectivity index (χ1) is 9.35. The number of carbonyl (C=O) groups is 2. The topological polar surface area (TPSA) is 70.7 Å². The second kappa shape index (κ2) is 6.79. The lowest BCUT2D eigenvalue weighted by atomic mass is 10.2. The van der Waals surface area contributed by atoms with E-state index in [2.05, 4.69) is 10.6 Å². The molecular weight excluding hydrogens is 258 g/mol. The monoisotopic (exact) mass is 279 g/mol. The lowest BCUT2D eigenvalue weighted by molar-refractivity contribution is -0.129. The minimum atomic E-state index is -0.397. The molecule has 0 radical (unpaired) electrons. The summed E-state index contributed by atoms with van der Waals surface area (Å²) >= 11 is 0. The zero-order valence-corrected chi connectivity index (χ0v) is 12.5. The molecule has 0 unspecified atom stereocenters. The third-order valence-electron chi connectivity index (χ3n) is 2.70. The van der Waals surface area contributed by atoms with E-state index < -0.39 is 6.04 Å². The molecule has 0 saturated heterocycles. The zero-order chi connectivity index (χ0) is 15.3. The molecule has 2 amide bonds. The standard InChI is InChI=1S/C14H21N3O3/c1-9(14(19)17(3)4)15-12-8-11(16-10(2)18)6-7-13(12)20-5/h6-9,15H,1-5H3,(H,16,18)/t9-/m0/s1. The largest absolute Gasteiger partial charge is 0.495 e. The zero-order valence-electron chi connectivity index (χ0n) is 12.5. The Balaban J connectivity index is 2.96. The van der Waals surface area contributed by atoms with Crippen molar-refractivity contribution in [3.63, 3.8) is 0 Å². The number of amides is 2. The number of benzene rings is 1. The molecule has 20 heavy (non-hydrogen) atoms. The van der Waals surface area contributed by atoms with Crippen LogP contribution in [0.15, 0.2) is 18.2 Å². The van der Waals surface area contributed by atoms with Crippen molar-refractivity contribution < 1.29 is 14.3 Å². The smallest absolute Gasteiger partial charge is 0.244 e. The van der Waals surface area contributed by atoms with Crippen LogP contribution in [0.2, 0.25) is 0 Å². The molecule has 0 aliphatic heterocycles. The molecule has 0 spiro atoms. The van der Waals surface area contributed by atoms with Crippen molar-refractivity contribution in [3.8, 4) is 5.75 Å². The average Bonchev–Trinajstić information content (AvgIpc) is 2.37. The van der Waals surface area contributed by atoms with Crippen molar-refractivity contribution in [2.24, 2.45) is 0 Å². The Hall–Kier alpha value is -2.24. The molecule has 0 bridgehead atoms. The predicted octanol–water partition coefficient (Wildman–Crippen LogP) is 1.54. The maximum Gasteiger partial charge on any atom is 0.244 e. The average molecular weight is 279 g/mol. The van der Waals surface area contributed by atoms with E-state index in [9.17, 15) is 9.59 Å². The molecule has 0 saturated carbocycles. The van der Waals surface area contributed by atoms with Crippen molar-refractivity contribution >= 4 is 23.2 Å². The van der Waals surface area contributed by atoms with Gasteiger partial charge in [-0.25, -0.2) is 0 Å². The molecule has 0 fully saturated rings. The Bertz CT molecular complexity index is 500. The lowest BCUT2D eigenvalue weighted by Gasteiger charge is -2.20. The highest BCUT2D eigenvalue weighted by Crippen LogP contribution is 2.28. The van der Waals surface area contributed by atoms with E-state index in [-0.39, 0.29) is 11.8 Å². The van der Waals surface area contributed by atoms with Gasteiger partial charge in [0.2, 0.25) is 11.8 Å². The van der Waals surface area contributed by atoms with E-state index in [0.717, 1.165) is 0 Å². The summed E-state index contributed by atoms with van der Waals surface area (Å²) < 4.78 is 5.25. The van der Waals surface area contributed by atoms with Gasteiger partial charge in [-0.15, -0.1) is 0 Å². The molecule has 1 atom stereocenters. The fourth-order valence-corrected chi connectivity index (χ4v) is 1.78. The van der Waals surface area contributed by atoms with Crippen LogP contribution in [0.5, 0.6) is 5.75 Å². The van der Waals surface area contributed by atoms with Gasteiger partial charge in [-0.2, -0.15) is 0 Å². The van der Waals surface area contributed by atoms with E-state index in [4.69, 9.17) is 4.74 Å². The third-order valence-corrected chi connectivity index (χ3v) is 2.70. The fourth-order valence-electron chi connectivity index (χ4n) is 1.78. The molecule has 0 aliphatic rings. The molecular formula is C14H21N3O3. The van der Waals surface area contributed by atoms with Crippen molar-refractivity contribution in [1.82, 2.24) is 4.90 Å². The first kappa shape index (κ1) is 15.8. The number of carbonyl (C=O) groups excluding carboxylic acids is 2. The van der Waals surface area contributed by atoms with E-state index in [0.29, 0.717) is 17.1 Å². The number of hydrogen-bond donors (Lipinski definition) is 2. The number of nitrogens with zero attached hydrogens (tertiary/aromatic N) is 1. The third kappa shape index (κ3) is 4.15. The molecule has 0 heterocycles. The highest BCUT2D eigenvalue weighted by molar-refractivity contribution is 5.90. The van der Waals surface area contributed by atoms with Gasteiger partial charge in [0.1, 0.15) is 11.8 Å². The first-order valence-corrected chi connectivity index (χ1v) is 6.28. The summed E-state index contributed by atoms with van der Waals surface area (Å²) in [6, 6.07) is 4.82. The molecule has 110 valence electrons. The van der Waals surface area contributed by atoms with Crippen molar-refractivity contribution in [3.05, 3.63) is 18.2 Å².